The third kappa shape index (κ3) is 3.20. The maximum Gasteiger partial charge on any atom is 0.146 e. The predicted octanol–water partition coefficient (Wildman–Crippen LogP) is 3.63. The molecule has 1 unspecified atom stereocenters. The zero-order valence-electron chi connectivity index (χ0n) is 10.5. The third-order valence-electron chi connectivity index (χ3n) is 2.90. The van der Waals surface area contributed by atoms with Crippen LogP contribution in [0.5, 0.6) is 0 Å². The van der Waals surface area contributed by atoms with Gasteiger partial charge in [-0.15, -0.1) is 10.2 Å². The zero-order valence-corrected chi connectivity index (χ0v) is 12.8. The second-order valence-corrected chi connectivity index (χ2v) is 5.39. The van der Waals surface area contributed by atoms with Crippen molar-refractivity contribution < 1.29 is 0 Å². The highest BCUT2D eigenvalue weighted by atomic mass is 35.5. The number of halogens is 3. The minimum Gasteiger partial charge on any atom is -0.320 e. The van der Waals surface area contributed by atoms with E-state index in [1.165, 1.54) is 0 Å². The maximum absolute atomic E-state index is 6.20. The van der Waals surface area contributed by atoms with Crippen molar-refractivity contribution in [3.63, 3.8) is 0 Å². The van der Waals surface area contributed by atoms with Gasteiger partial charge in [-0.1, -0.05) is 40.9 Å². The van der Waals surface area contributed by atoms with Gasteiger partial charge in [0.25, 0.3) is 0 Å². The van der Waals surface area contributed by atoms with Crippen LogP contribution in [0.3, 0.4) is 0 Å². The molecule has 0 saturated heterocycles. The summed E-state index contributed by atoms with van der Waals surface area (Å²) in [5.41, 5.74) is 0.901. The van der Waals surface area contributed by atoms with E-state index in [1.807, 2.05) is 24.6 Å². The molecule has 0 bridgehead atoms. The number of nitrogens with one attached hydrogen (secondary N) is 1. The fourth-order valence-electron chi connectivity index (χ4n) is 1.70. The van der Waals surface area contributed by atoms with Gasteiger partial charge in [0, 0.05) is 13.1 Å². The van der Waals surface area contributed by atoms with Crippen molar-refractivity contribution >= 4 is 34.8 Å². The van der Waals surface area contributed by atoms with Crippen molar-refractivity contribution in [2.45, 2.75) is 19.5 Å². The van der Waals surface area contributed by atoms with Gasteiger partial charge in [-0.25, -0.2) is 0 Å². The maximum atomic E-state index is 6.20. The van der Waals surface area contributed by atoms with Gasteiger partial charge in [-0.3, -0.25) is 0 Å². The summed E-state index contributed by atoms with van der Waals surface area (Å²) in [5, 5.41) is 12.5. The fraction of sp³-hybridized carbons (Fsp3) is 0.333. The molecule has 1 aromatic carbocycles. The number of hydrogen-bond donors (Lipinski definition) is 1. The van der Waals surface area contributed by atoms with Crippen molar-refractivity contribution in [3.8, 4) is 0 Å². The van der Waals surface area contributed by atoms with E-state index in [9.17, 15) is 0 Å². The van der Waals surface area contributed by atoms with Gasteiger partial charge < -0.3 is 9.88 Å². The fourth-order valence-corrected chi connectivity index (χ4v) is 2.40. The third-order valence-corrected chi connectivity index (χ3v) is 4.21. The SMILES string of the molecule is CC(NCc1nncn1C)c1ccc(Cl)c(Cl)c1Cl. The average molecular weight is 320 g/mol. The van der Waals surface area contributed by atoms with Gasteiger partial charge >= 0.3 is 0 Å². The van der Waals surface area contributed by atoms with Crippen LogP contribution in [0.4, 0.5) is 0 Å². The molecule has 0 amide bonds. The lowest BCUT2D eigenvalue weighted by molar-refractivity contribution is 0.548. The van der Waals surface area contributed by atoms with Gasteiger partial charge in [-0.2, -0.15) is 0 Å². The molecule has 19 heavy (non-hydrogen) atoms. The Morgan fingerprint density at radius 3 is 2.63 bits per heavy atom. The molecule has 1 aromatic heterocycles. The van der Waals surface area contributed by atoms with Gasteiger partial charge in [0.2, 0.25) is 0 Å². The Morgan fingerprint density at radius 1 is 1.26 bits per heavy atom. The molecule has 4 nitrogen and oxygen atoms in total. The Labute approximate surface area is 126 Å². The Bertz CT molecular complexity index is 582. The quantitative estimate of drug-likeness (QED) is 0.875. The van der Waals surface area contributed by atoms with Crippen LogP contribution in [0.2, 0.25) is 15.1 Å². The summed E-state index contributed by atoms with van der Waals surface area (Å²) in [5.74, 6) is 0.850. The number of aryl methyl sites for hydroxylation is 1. The van der Waals surface area contributed by atoms with Crippen molar-refractivity contribution in [2.24, 2.45) is 7.05 Å². The highest BCUT2D eigenvalue weighted by Gasteiger charge is 2.14. The molecule has 2 rings (SSSR count). The van der Waals surface area contributed by atoms with E-state index >= 15 is 0 Å². The molecule has 1 N–H and O–H groups in total. The van der Waals surface area contributed by atoms with Gasteiger partial charge in [0.15, 0.2) is 0 Å². The van der Waals surface area contributed by atoms with E-state index in [-0.39, 0.29) is 6.04 Å². The lowest BCUT2D eigenvalue weighted by Gasteiger charge is -2.16. The lowest BCUT2D eigenvalue weighted by atomic mass is 10.1. The standard InChI is InChI=1S/C12H13Cl3N4/c1-7(16-5-10-18-17-6-19(10)2)8-3-4-9(13)12(15)11(8)14/h3-4,6-7,16H,5H2,1-2H3. The molecule has 1 atom stereocenters. The lowest BCUT2D eigenvalue weighted by Crippen LogP contribution is -2.20. The van der Waals surface area contributed by atoms with Crippen molar-refractivity contribution in [2.75, 3.05) is 0 Å². The second-order valence-electron chi connectivity index (χ2n) is 4.23. The summed E-state index contributed by atoms with van der Waals surface area (Å²) in [4.78, 5) is 0. The summed E-state index contributed by atoms with van der Waals surface area (Å²) >= 11 is 18.1. The van der Waals surface area contributed by atoms with Crippen LogP contribution in [0.1, 0.15) is 24.4 Å². The molecule has 0 radical (unpaired) electrons. The first-order chi connectivity index (χ1) is 9.00. The second kappa shape index (κ2) is 6.09. The Morgan fingerprint density at radius 2 is 2.00 bits per heavy atom. The Kier molecular flexibility index (Phi) is 4.68. The summed E-state index contributed by atoms with van der Waals surface area (Å²) in [7, 11) is 1.90. The molecular weight excluding hydrogens is 307 g/mol. The largest absolute Gasteiger partial charge is 0.320 e. The molecule has 0 saturated carbocycles. The van der Waals surface area contributed by atoms with Crippen molar-refractivity contribution in [1.82, 2.24) is 20.1 Å². The molecular formula is C12H13Cl3N4. The molecule has 0 aliphatic carbocycles. The average Bonchev–Trinajstić information content (AvgIpc) is 2.79. The topological polar surface area (TPSA) is 42.7 Å². The number of benzene rings is 1. The van der Waals surface area contributed by atoms with Crippen LogP contribution >= 0.6 is 34.8 Å². The van der Waals surface area contributed by atoms with Crippen LogP contribution in [0.15, 0.2) is 18.5 Å². The van der Waals surface area contributed by atoms with Crippen molar-refractivity contribution in [1.29, 1.82) is 0 Å². The normalized spacial score (nSPS) is 12.7. The Balaban J connectivity index is 2.10. The highest BCUT2D eigenvalue weighted by molar-refractivity contribution is 6.48. The van der Waals surface area contributed by atoms with E-state index in [1.54, 1.807) is 12.4 Å². The summed E-state index contributed by atoms with van der Waals surface area (Å²) in [6.45, 7) is 2.59. The number of nitrogens with zero attached hydrogens (tertiary/aromatic N) is 3. The number of aromatic nitrogens is 3. The first kappa shape index (κ1) is 14.6. The zero-order chi connectivity index (χ0) is 14.0. The first-order valence-corrected chi connectivity index (χ1v) is 6.83. The van der Waals surface area contributed by atoms with Crippen molar-refractivity contribution in [3.05, 3.63) is 44.9 Å². The molecule has 0 spiro atoms. The summed E-state index contributed by atoms with van der Waals surface area (Å²) < 4.78 is 1.86. The molecule has 102 valence electrons. The van der Waals surface area contributed by atoms with E-state index in [0.717, 1.165) is 11.4 Å². The van der Waals surface area contributed by atoms with E-state index in [2.05, 4.69) is 15.5 Å². The summed E-state index contributed by atoms with van der Waals surface area (Å²) in [6, 6.07) is 3.63. The minimum atomic E-state index is 0.0268. The van der Waals surface area contributed by atoms with Gasteiger partial charge in [0.05, 0.1) is 21.6 Å². The smallest absolute Gasteiger partial charge is 0.146 e. The number of hydrogen-bond acceptors (Lipinski definition) is 3. The van der Waals surface area contributed by atoms with Crippen LogP contribution in [-0.2, 0) is 13.6 Å². The van der Waals surface area contributed by atoms with Crippen LogP contribution in [0.25, 0.3) is 0 Å². The van der Waals surface area contributed by atoms with E-state index in [0.29, 0.717) is 21.6 Å². The molecule has 7 heteroatoms. The van der Waals surface area contributed by atoms with Gasteiger partial charge in [0.1, 0.15) is 12.2 Å². The Hall–Kier alpha value is -0.810. The molecule has 0 aliphatic heterocycles. The summed E-state index contributed by atoms with van der Waals surface area (Å²) in [6.07, 6.45) is 1.66. The van der Waals surface area contributed by atoms with Crippen LogP contribution in [-0.4, -0.2) is 14.8 Å². The monoisotopic (exact) mass is 318 g/mol. The molecule has 1 heterocycles. The predicted molar refractivity (Wildman–Crippen MR) is 77.7 cm³/mol. The molecule has 0 fully saturated rings. The first-order valence-electron chi connectivity index (χ1n) is 5.70. The highest BCUT2D eigenvalue weighted by Crippen LogP contribution is 2.35. The molecule has 2 aromatic rings. The molecule has 0 aliphatic rings. The van der Waals surface area contributed by atoms with E-state index in [4.69, 9.17) is 34.8 Å². The van der Waals surface area contributed by atoms with E-state index < -0.39 is 0 Å². The minimum absolute atomic E-state index is 0.0268. The van der Waals surface area contributed by atoms with Gasteiger partial charge in [-0.05, 0) is 18.6 Å². The van der Waals surface area contributed by atoms with Crippen LogP contribution < -0.4 is 5.32 Å². The van der Waals surface area contributed by atoms with Crippen LogP contribution in [0, 0.1) is 0 Å². The number of rotatable bonds is 4.